The van der Waals surface area contributed by atoms with Crippen molar-refractivity contribution in [3.8, 4) is 0 Å². The van der Waals surface area contributed by atoms with E-state index in [4.69, 9.17) is 11.6 Å². The zero-order valence-electron chi connectivity index (χ0n) is 14.1. The van der Waals surface area contributed by atoms with Gasteiger partial charge in [0.15, 0.2) is 0 Å². The van der Waals surface area contributed by atoms with Gasteiger partial charge in [0.1, 0.15) is 0 Å². The topological polar surface area (TPSA) is 61.4 Å². The molecule has 1 aliphatic carbocycles. The van der Waals surface area contributed by atoms with E-state index in [-0.39, 0.29) is 18.0 Å². The maximum atomic E-state index is 12.8. The van der Waals surface area contributed by atoms with Crippen LogP contribution in [0, 0.1) is 5.92 Å². The summed E-state index contributed by atoms with van der Waals surface area (Å²) in [4.78, 5) is 25.9. The molecule has 2 fully saturated rings. The second-order valence-corrected chi connectivity index (χ2v) is 7.32. The van der Waals surface area contributed by atoms with E-state index in [1.54, 1.807) is 18.2 Å². The Morgan fingerprint density at radius 2 is 1.96 bits per heavy atom. The molecular weight excluding hydrogens is 326 g/mol. The van der Waals surface area contributed by atoms with Crippen LogP contribution in [-0.4, -0.2) is 28.9 Å². The van der Waals surface area contributed by atoms with Crippen LogP contribution in [0.4, 0.5) is 16.2 Å². The third-order valence-corrected chi connectivity index (χ3v) is 5.42. The predicted molar refractivity (Wildman–Crippen MR) is 96.4 cm³/mol. The molecule has 0 bridgehead atoms. The van der Waals surface area contributed by atoms with Crippen LogP contribution < -0.4 is 10.6 Å². The highest BCUT2D eigenvalue weighted by Gasteiger charge is 2.42. The summed E-state index contributed by atoms with van der Waals surface area (Å²) in [5, 5.41) is 6.04. The molecule has 1 saturated carbocycles. The highest BCUT2D eigenvalue weighted by atomic mass is 35.5. The monoisotopic (exact) mass is 349 g/mol. The first kappa shape index (κ1) is 17.1. The zero-order valence-corrected chi connectivity index (χ0v) is 14.9. The van der Waals surface area contributed by atoms with Gasteiger partial charge in [0.05, 0.1) is 10.7 Å². The molecule has 3 amide bonds. The first-order chi connectivity index (χ1) is 11.5. The Morgan fingerprint density at radius 3 is 2.67 bits per heavy atom. The quantitative estimate of drug-likeness (QED) is 0.826. The number of likely N-dealkylation sites (tertiary alicyclic amines) is 1. The molecule has 5 nitrogen and oxygen atoms in total. The number of anilines is 2. The standard InChI is InChI=1S/C18H24ClN3O2/c1-11-9-13-5-3-4-6-17(13)22(11)18(24)21-16-8-7-14(10-15(16)19)20-12(2)23/h7-8,10-11,13,17H,3-6,9H2,1-2H3,(H,20,23)(H,21,24)/t11-,13-,17-/m1/s1. The van der Waals surface area contributed by atoms with Crippen molar-refractivity contribution < 1.29 is 9.59 Å². The average Bonchev–Trinajstić information content (AvgIpc) is 2.85. The summed E-state index contributed by atoms with van der Waals surface area (Å²) in [6, 6.07) is 5.65. The van der Waals surface area contributed by atoms with Crippen LogP contribution in [0.2, 0.25) is 5.02 Å². The number of carbonyl (C=O) groups is 2. The molecule has 3 atom stereocenters. The molecule has 130 valence electrons. The Balaban J connectivity index is 1.71. The fraction of sp³-hybridized carbons (Fsp3) is 0.556. The first-order valence-electron chi connectivity index (χ1n) is 8.62. The largest absolute Gasteiger partial charge is 0.326 e. The Kier molecular flexibility index (Phi) is 4.99. The van der Waals surface area contributed by atoms with Crippen molar-refractivity contribution in [2.24, 2.45) is 5.92 Å². The normalized spacial score (nSPS) is 26.0. The molecule has 1 aromatic carbocycles. The molecule has 2 N–H and O–H groups in total. The lowest BCUT2D eigenvalue weighted by atomic mass is 9.85. The lowest BCUT2D eigenvalue weighted by Crippen LogP contribution is -2.44. The summed E-state index contributed by atoms with van der Waals surface area (Å²) in [7, 11) is 0. The Hall–Kier alpha value is -1.75. The van der Waals surface area contributed by atoms with Crippen LogP contribution in [0.3, 0.4) is 0 Å². The Bertz CT molecular complexity index is 649. The lowest BCUT2D eigenvalue weighted by Gasteiger charge is -2.33. The lowest BCUT2D eigenvalue weighted by molar-refractivity contribution is -0.114. The SMILES string of the molecule is CC(=O)Nc1ccc(NC(=O)N2[C@H](C)C[C@H]3CCCC[C@H]32)c(Cl)c1. The summed E-state index contributed by atoms with van der Waals surface area (Å²) >= 11 is 6.25. The minimum atomic E-state index is -0.155. The summed E-state index contributed by atoms with van der Waals surface area (Å²) in [6.07, 6.45) is 5.89. The fourth-order valence-corrected chi connectivity index (χ4v) is 4.36. The number of halogens is 1. The molecule has 3 rings (SSSR count). The Morgan fingerprint density at radius 1 is 1.21 bits per heavy atom. The van der Waals surface area contributed by atoms with Crippen LogP contribution in [0.1, 0.15) is 46.0 Å². The number of carbonyl (C=O) groups excluding carboxylic acids is 2. The van der Waals surface area contributed by atoms with Crippen LogP contribution >= 0.6 is 11.6 Å². The highest BCUT2D eigenvalue weighted by molar-refractivity contribution is 6.34. The molecule has 0 aromatic heterocycles. The molecule has 2 aliphatic rings. The molecule has 0 spiro atoms. The minimum Gasteiger partial charge on any atom is -0.326 e. The third kappa shape index (κ3) is 3.51. The number of rotatable bonds is 2. The number of hydrogen-bond donors (Lipinski definition) is 2. The van der Waals surface area contributed by atoms with Gasteiger partial charge >= 0.3 is 6.03 Å². The van der Waals surface area contributed by atoms with Gasteiger partial charge in [-0.05, 0) is 50.3 Å². The summed E-state index contributed by atoms with van der Waals surface area (Å²) in [5.41, 5.74) is 1.19. The van der Waals surface area contributed by atoms with Crippen molar-refractivity contribution in [1.29, 1.82) is 0 Å². The van der Waals surface area contributed by atoms with Gasteiger partial charge in [-0.1, -0.05) is 24.4 Å². The van der Waals surface area contributed by atoms with Crippen molar-refractivity contribution in [2.45, 2.75) is 58.0 Å². The number of nitrogens with one attached hydrogen (secondary N) is 2. The van der Waals surface area contributed by atoms with Crippen LogP contribution in [0.5, 0.6) is 0 Å². The van der Waals surface area contributed by atoms with E-state index in [2.05, 4.69) is 17.6 Å². The van der Waals surface area contributed by atoms with Gasteiger partial charge in [-0.2, -0.15) is 0 Å². The van der Waals surface area contributed by atoms with Crippen LogP contribution in [0.25, 0.3) is 0 Å². The van der Waals surface area contributed by atoms with E-state index in [1.165, 1.54) is 26.2 Å². The molecule has 1 aromatic rings. The molecule has 1 saturated heterocycles. The van der Waals surface area contributed by atoms with Gasteiger partial charge in [-0.3, -0.25) is 4.79 Å². The molecule has 0 radical (unpaired) electrons. The second kappa shape index (κ2) is 7.01. The predicted octanol–water partition coefficient (Wildman–Crippen LogP) is 4.48. The van der Waals surface area contributed by atoms with Gasteiger partial charge < -0.3 is 15.5 Å². The molecule has 6 heteroatoms. The van der Waals surface area contributed by atoms with E-state index in [1.807, 2.05) is 4.90 Å². The number of urea groups is 1. The van der Waals surface area contributed by atoms with Crippen molar-refractivity contribution in [1.82, 2.24) is 4.90 Å². The minimum absolute atomic E-state index is 0.0777. The second-order valence-electron chi connectivity index (χ2n) is 6.91. The van der Waals surface area contributed by atoms with Gasteiger partial charge in [-0.25, -0.2) is 4.79 Å². The van der Waals surface area contributed by atoms with Gasteiger partial charge in [0, 0.05) is 24.7 Å². The summed E-state index contributed by atoms with van der Waals surface area (Å²) < 4.78 is 0. The summed E-state index contributed by atoms with van der Waals surface area (Å²) in [6.45, 7) is 3.57. The zero-order chi connectivity index (χ0) is 17.3. The van der Waals surface area contributed by atoms with E-state index in [0.29, 0.717) is 28.4 Å². The van der Waals surface area contributed by atoms with E-state index in [0.717, 1.165) is 12.8 Å². The molecule has 1 aliphatic heterocycles. The maximum Gasteiger partial charge on any atom is 0.322 e. The fourth-order valence-electron chi connectivity index (χ4n) is 4.14. The third-order valence-electron chi connectivity index (χ3n) is 5.11. The maximum absolute atomic E-state index is 12.8. The van der Waals surface area contributed by atoms with Crippen LogP contribution in [0.15, 0.2) is 18.2 Å². The number of nitrogens with zero attached hydrogens (tertiary/aromatic N) is 1. The first-order valence-corrected chi connectivity index (χ1v) is 9.00. The molecular formula is C18H24ClN3O2. The molecule has 24 heavy (non-hydrogen) atoms. The Labute approximate surface area is 147 Å². The number of hydrogen-bond acceptors (Lipinski definition) is 2. The smallest absolute Gasteiger partial charge is 0.322 e. The molecule has 0 unspecified atom stereocenters. The van der Waals surface area contributed by atoms with Gasteiger partial charge in [0.25, 0.3) is 0 Å². The van der Waals surface area contributed by atoms with E-state index in [9.17, 15) is 9.59 Å². The highest BCUT2D eigenvalue weighted by Crippen LogP contribution is 2.40. The van der Waals surface area contributed by atoms with Crippen LogP contribution in [-0.2, 0) is 4.79 Å². The van der Waals surface area contributed by atoms with Gasteiger partial charge in [-0.15, -0.1) is 0 Å². The van der Waals surface area contributed by atoms with E-state index >= 15 is 0 Å². The summed E-state index contributed by atoms with van der Waals surface area (Å²) in [5.74, 6) is 0.481. The van der Waals surface area contributed by atoms with E-state index < -0.39 is 0 Å². The number of amides is 3. The van der Waals surface area contributed by atoms with Crippen molar-refractivity contribution in [3.05, 3.63) is 23.2 Å². The number of benzene rings is 1. The van der Waals surface area contributed by atoms with Crippen molar-refractivity contribution >= 4 is 34.9 Å². The average molecular weight is 350 g/mol. The molecule has 1 heterocycles. The van der Waals surface area contributed by atoms with Gasteiger partial charge in [0.2, 0.25) is 5.91 Å². The van der Waals surface area contributed by atoms with Crippen molar-refractivity contribution in [3.63, 3.8) is 0 Å². The number of fused-ring (bicyclic) bond motifs is 1. The van der Waals surface area contributed by atoms with Crippen molar-refractivity contribution in [2.75, 3.05) is 10.6 Å².